The molecule has 5 N–H and O–H groups in total. The van der Waals surface area contributed by atoms with Gasteiger partial charge in [-0.1, -0.05) is 0 Å². The van der Waals surface area contributed by atoms with Crippen LogP contribution in [0.5, 0.6) is 0 Å². The maximum atomic E-state index is 14.7. The number of nitrogens with zero attached hydrogens (tertiary/aromatic N) is 1. The molecule has 0 spiro atoms. The number of anilines is 3. The smallest absolute Gasteiger partial charge is 0.478 e. The first kappa shape index (κ1) is 28.6. The number of pyridine rings is 1. The van der Waals surface area contributed by atoms with E-state index in [1.54, 1.807) is 0 Å². The van der Waals surface area contributed by atoms with Crippen LogP contribution in [0.4, 0.5) is 47.9 Å². The number of benzene rings is 2. The second kappa shape index (κ2) is 11.4. The van der Waals surface area contributed by atoms with Gasteiger partial charge in [0.1, 0.15) is 5.82 Å². The fourth-order valence-electron chi connectivity index (χ4n) is 2.67. The lowest BCUT2D eigenvalue weighted by Crippen LogP contribution is -2.21. The van der Waals surface area contributed by atoms with Crippen LogP contribution in [0.15, 0.2) is 36.5 Å². The van der Waals surface area contributed by atoms with Crippen molar-refractivity contribution in [1.82, 2.24) is 4.98 Å². The third-order valence-electron chi connectivity index (χ3n) is 4.32. The highest BCUT2D eigenvalue weighted by Gasteiger charge is 2.38. The number of carbonyl (C=O) groups is 2. The molecular weight excluding hydrogens is 618 g/mol. The maximum Gasteiger partial charge on any atom is 0.490 e. The zero-order valence-corrected chi connectivity index (χ0v) is 19.6. The Morgan fingerprint density at radius 2 is 1.58 bits per heavy atom. The van der Waals surface area contributed by atoms with Crippen molar-refractivity contribution in [1.29, 1.82) is 0 Å². The summed E-state index contributed by atoms with van der Waals surface area (Å²) in [6.45, 7) is 0. The number of nitrogens with one attached hydrogen (secondary N) is 1. The van der Waals surface area contributed by atoms with Crippen LogP contribution in [0.3, 0.4) is 0 Å². The first-order chi connectivity index (χ1) is 16.6. The summed E-state index contributed by atoms with van der Waals surface area (Å²) in [5.74, 6) is -9.35. The molecule has 15 heteroatoms. The van der Waals surface area contributed by atoms with E-state index in [1.165, 1.54) is 24.4 Å². The molecule has 3 rings (SSSR count). The van der Waals surface area contributed by atoms with Gasteiger partial charge >= 0.3 is 18.1 Å². The molecule has 0 aliphatic carbocycles. The minimum Gasteiger partial charge on any atom is -0.478 e. The number of rotatable bonds is 5. The van der Waals surface area contributed by atoms with Crippen molar-refractivity contribution in [3.05, 3.63) is 80.1 Å². The van der Waals surface area contributed by atoms with Crippen LogP contribution in [0.1, 0.15) is 21.5 Å². The molecule has 0 amide bonds. The van der Waals surface area contributed by atoms with Crippen molar-refractivity contribution in [2.45, 2.75) is 12.6 Å². The molecule has 0 fully saturated rings. The molecule has 7 nitrogen and oxygen atoms in total. The van der Waals surface area contributed by atoms with E-state index in [0.717, 1.165) is 12.1 Å². The summed E-state index contributed by atoms with van der Waals surface area (Å²) in [6, 6.07) is 6.00. The van der Waals surface area contributed by atoms with Crippen molar-refractivity contribution in [3.8, 4) is 0 Å². The van der Waals surface area contributed by atoms with E-state index in [2.05, 4.69) is 10.3 Å². The number of carboxylic acids is 2. The van der Waals surface area contributed by atoms with Gasteiger partial charge in [-0.2, -0.15) is 13.2 Å². The number of aliphatic carboxylic acids is 1. The first-order valence-electron chi connectivity index (χ1n) is 9.28. The highest BCUT2D eigenvalue weighted by Crippen LogP contribution is 2.32. The minimum absolute atomic E-state index is 0.0865. The fraction of sp³-hybridized carbons (Fsp3) is 0.0952. The van der Waals surface area contributed by atoms with E-state index in [-0.39, 0.29) is 11.3 Å². The van der Waals surface area contributed by atoms with Gasteiger partial charge in [0.15, 0.2) is 23.3 Å². The molecule has 0 saturated heterocycles. The molecule has 1 heterocycles. The minimum atomic E-state index is -5.08. The normalized spacial score (nSPS) is 10.9. The van der Waals surface area contributed by atoms with Crippen LogP contribution in [0.25, 0.3) is 0 Å². The topological polar surface area (TPSA) is 126 Å². The van der Waals surface area contributed by atoms with Crippen molar-refractivity contribution >= 4 is 51.7 Å². The van der Waals surface area contributed by atoms with E-state index in [9.17, 15) is 40.6 Å². The van der Waals surface area contributed by atoms with Crippen LogP contribution in [0, 0.1) is 26.8 Å². The Balaban J connectivity index is 0.000000572. The summed E-state index contributed by atoms with van der Waals surface area (Å²) in [5.41, 5.74) is 3.26. The highest BCUT2D eigenvalue weighted by atomic mass is 127. The molecule has 0 saturated carbocycles. The van der Waals surface area contributed by atoms with Gasteiger partial charge in [-0.3, -0.25) is 0 Å². The molecule has 0 aliphatic rings. The van der Waals surface area contributed by atoms with E-state index in [0.29, 0.717) is 3.57 Å². The Hall–Kier alpha value is -3.63. The zero-order chi connectivity index (χ0) is 27.4. The molecule has 3 aromatic rings. The zero-order valence-electron chi connectivity index (χ0n) is 17.4. The highest BCUT2D eigenvalue weighted by molar-refractivity contribution is 14.1. The summed E-state index contributed by atoms with van der Waals surface area (Å²) in [5, 5.41) is 18.9. The van der Waals surface area contributed by atoms with Crippen molar-refractivity contribution < 1.29 is 50.5 Å². The summed E-state index contributed by atoms with van der Waals surface area (Å²) < 4.78 is 89.7. The van der Waals surface area contributed by atoms with Gasteiger partial charge in [-0.15, -0.1) is 0 Å². The summed E-state index contributed by atoms with van der Waals surface area (Å²) in [7, 11) is 0. The molecule has 0 atom stereocenters. The average Bonchev–Trinajstić information content (AvgIpc) is 2.77. The van der Waals surface area contributed by atoms with Gasteiger partial charge in [-0.25, -0.2) is 32.1 Å². The van der Waals surface area contributed by atoms with E-state index >= 15 is 0 Å². The fourth-order valence-corrected chi connectivity index (χ4v) is 3.12. The third kappa shape index (κ3) is 6.96. The third-order valence-corrected chi connectivity index (χ3v) is 4.99. The number of nitrogens with two attached hydrogens (primary N) is 1. The van der Waals surface area contributed by atoms with Crippen molar-refractivity contribution in [2.75, 3.05) is 11.1 Å². The molecule has 0 bridgehead atoms. The van der Waals surface area contributed by atoms with Crippen LogP contribution >= 0.6 is 22.6 Å². The second-order valence-corrected chi connectivity index (χ2v) is 8.04. The van der Waals surface area contributed by atoms with Crippen molar-refractivity contribution in [3.63, 3.8) is 0 Å². The van der Waals surface area contributed by atoms with E-state index in [4.69, 9.17) is 15.6 Å². The van der Waals surface area contributed by atoms with Gasteiger partial charge in [0.25, 0.3) is 0 Å². The number of aromatic carboxylic acids is 1. The molecule has 2 aromatic carbocycles. The Labute approximate surface area is 210 Å². The predicted octanol–water partition coefficient (Wildman–Crippen LogP) is 5.49. The van der Waals surface area contributed by atoms with Gasteiger partial charge in [0, 0.05) is 16.2 Å². The quantitative estimate of drug-likeness (QED) is 0.217. The van der Waals surface area contributed by atoms with Gasteiger partial charge < -0.3 is 21.3 Å². The first-order valence-corrected chi connectivity index (χ1v) is 10.4. The van der Waals surface area contributed by atoms with Crippen LogP contribution in [-0.4, -0.2) is 33.3 Å². The maximum absolute atomic E-state index is 14.7. The Morgan fingerprint density at radius 3 is 2.11 bits per heavy atom. The SMILES string of the molecule is Nc1nccc(Cc2cc(C(=O)O)c(Nc3ccc(I)cc3F)c(F)c2F)c1F.O=C(O)C(F)(F)F. The lowest BCUT2D eigenvalue weighted by Gasteiger charge is -2.15. The van der Waals surface area contributed by atoms with Crippen LogP contribution in [-0.2, 0) is 11.2 Å². The predicted molar refractivity (Wildman–Crippen MR) is 121 cm³/mol. The number of alkyl halides is 3. The monoisotopic (exact) mass is 631 g/mol. The van der Waals surface area contributed by atoms with E-state index in [1.807, 2.05) is 22.6 Å². The lowest BCUT2D eigenvalue weighted by molar-refractivity contribution is -0.192. The summed E-state index contributed by atoms with van der Waals surface area (Å²) >= 11 is 1.86. The second-order valence-electron chi connectivity index (χ2n) is 6.79. The molecule has 0 unspecified atom stereocenters. The molecular formula is C21H13F7IN3O4. The molecule has 1 aromatic heterocycles. The van der Waals surface area contributed by atoms with Crippen molar-refractivity contribution in [2.24, 2.45) is 0 Å². The number of aromatic nitrogens is 1. The summed E-state index contributed by atoms with van der Waals surface area (Å²) in [6.07, 6.45) is -4.35. The number of halogens is 8. The van der Waals surface area contributed by atoms with Gasteiger partial charge in [0.2, 0.25) is 0 Å². The number of nitrogen functional groups attached to an aromatic ring is 1. The van der Waals surface area contributed by atoms with E-state index < -0.39 is 70.4 Å². The lowest BCUT2D eigenvalue weighted by atomic mass is 10.00. The standard InChI is InChI=1S/C19H12F4IN3O2.C2HF3O2/c20-12-7-10(24)1-2-13(12)27-17-11(19(28)29)6-9(14(21)16(17)23)5-8-3-4-26-18(25)15(8)22;3-2(4,5)1(6)7/h1-4,6-7,27H,5H2,(H2,25,26)(H,28,29);(H,6,7). The van der Waals surface area contributed by atoms with Gasteiger partial charge in [0.05, 0.1) is 16.9 Å². The molecule has 0 aliphatic heterocycles. The average molecular weight is 631 g/mol. The number of carboxylic acid groups (broad SMARTS) is 2. The number of hydrogen-bond acceptors (Lipinski definition) is 5. The molecule has 0 radical (unpaired) electrons. The number of hydrogen-bond donors (Lipinski definition) is 4. The largest absolute Gasteiger partial charge is 0.490 e. The Kier molecular flexibility index (Phi) is 9.06. The van der Waals surface area contributed by atoms with Gasteiger partial charge in [-0.05, 0) is 64.0 Å². The summed E-state index contributed by atoms with van der Waals surface area (Å²) in [4.78, 5) is 24.0. The van der Waals surface area contributed by atoms with Crippen LogP contribution < -0.4 is 11.1 Å². The molecule has 36 heavy (non-hydrogen) atoms. The molecule has 192 valence electrons. The Morgan fingerprint density at radius 1 is 0.972 bits per heavy atom. The Bertz CT molecular complexity index is 1320. The van der Waals surface area contributed by atoms with Crippen LogP contribution in [0.2, 0.25) is 0 Å².